The Kier molecular flexibility index (Phi) is 4.65. The summed E-state index contributed by atoms with van der Waals surface area (Å²) < 4.78 is 29.0. The highest BCUT2D eigenvalue weighted by Crippen LogP contribution is 2.21. The lowest BCUT2D eigenvalue weighted by Gasteiger charge is -2.12. The van der Waals surface area contributed by atoms with E-state index < -0.39 is 12.5 Å². The number of benzene rings is 1. The first-order valence-corrected chi connectivity index (χ1v) is 6.08. The molecular formula is C14H13F2N3O2. The first kappa shape index (κ1) is 14.7. The fourth-order valence-electron chi connectivity index (χ4n) is 1.73. The van der Waals surface area contributed by atoms with Gasteiger partial charge in [-0.2, -0.15) is 8.78 Å². The van der Waals surface area contributed by atoms with Crippen molar-refractivity contribution in [2.24, 2.45) is 5.73 Å². The van der Waals surface area contributed by atoms with Crippen LogP contribution in [0.15, 0.2) is 42.6 Å². The smallest absolute Gasteiger partial charge is 0.387 e. The average Bonchev–Trinajstić information content (AvgIpc) is 2.46. The van der Waals surface area contributed by atoms with Crippen LogP contribution < -0.4 is 15.8 Å². The topological polar surface area (TPSA) is 77.2 Å². The molecule has 1 aromatic heterocycles. The molecule has 0 aliphatic rings. The number of para-hydroxylation sites is 1. The zero-order chi connectivity index (χ0) is 15.2. The third kappa shape index (κ3) is 4.13. The lowest BCUT2D eigenvalue weighted by Crippen LogP contribution is -2.13. The number of nitrogens with zero attached hydrogens (tertiary/aromatic N) is 1. The summed E-state index contributed by atoms with van der Waals surface area (Å²) >= 11 is 0. The molecule has 1 amide bonds. The molecule has 0 atom stereocenters. The van der Waals surface area contributed by atoms with Gasteiger partial charge in [0.15, 0.2) is 0 Å². The van der Waals surface area contributed by atoms with Crippen LogP contribution in [0.5, 0.6) is 5.75 Å². The fraction of sp³-hybridized carbons (Fsp3) is 0.143. The lowest BCUT2D eigenvalue weighted by atomic mass is 10.2. The Morgan fingerprint density at radius 1 is 1.33 bits per heavy atom. The molecule has 0 saturated carbocycles. The van der Waals surface area contributed by atoms with E-state index in [2.05, 4.69) is 15.0 Å². The molecule has 0 aliphatic heterocycles. The molecule has 0 unspecified atom stereocenters. The van der Waals surface area contributed by atoms with Crippen LogP contribution in [0.2, 0.25) is 0 Å². The molecule has 0 bridgehead atoms. The molecule has 0 fully saturated rings. The number of hydrogen-bond donors (Lipinski definition) is 2. The van der Waals surface area contributed by atoms with Gasteiger partial charge in [0.2, 0.25) is 0 Å². The molecule has 1 heterocycles. The summed E-state index contributed by atoms with van der Waals surface area (Å²) in [5, 5.41) is 3.00. The summed E-state index contributed by atoms with van der Waals surface area (Å²) in [5.41, 5.74) is 6.43. The number of ether oxygens (including phenoxy) is 1. The first-order valence-electron chi connectivity index (χ1n) is 6.08. The Morgan fingerprint density at radius 3 is 2.81 bits per heavy atom. The minimum atomic E-state index is -2.88. The molecule has 2 aromatic rings. The van der Waals surface area contributed by atoms with Crippen molar-refractivity contribution in [3.05, 3.63) is 53.9 Å². The van der Waals surface area contributed by atoms with Crippen molar-refractivity contribution in [1.82, 2.24) is 4.98 Å². The van der Waals surface area contributed by atoms with Gasteiger partial charge < -0.3 is 15.8 Å². The normalized spacial score (nSPS) is 10.4. The standard InChI is InChI=1S/C14H13F2N3O2/c15-14(16)21-12-4-2-1-3-9(12)8-19-10-5-6-18-11(7-10)13(17)20/h1-7,14H,8H2,(H2,17,20)(H,18,19). The summed E-state index contributed by atoms with van der Waals surface area (Å²) in [4.78, 5) is 14.8. The van der Waals surface area contributed by atoms with Gasteiger partial charge in [-0.05, 0) is 18.2 Å². The molecule has 7 heteroatoms. The maximum Gasteiger partial charge on any atom is 0.387 e. The number of halogens is 2. The molecule has 0 saturated heterocycles. The van der Waals surface area contributed by atoms with Gasteiger partial charge in [0.25, 0.3) is 5.91 Å². The van der Waals surface area contributed by atoms with Crippen LogP contribution in [0.1, 0.15) is 16.1 Å². The second kappa shape index (κ2) is 6.65. The first-order chi connectivity index (χ1) is 10.1. The number of aromatic nitrogens is 1. The summed E-state index contributed by atoms with van der Waals surface area (Å²) in [5.74, 6) is -0.538. The van der Waals surface area contributed by atoms with Gasteiger partial charge in [-0.25, -0.2) is 0 Å². The van der Waals surface area contributed by atoms with Gasteiger partial charge in [-0.15, -0.1) is 0 Å². The van der Waals surface area contributed by atoms with E-state index in [9.17, 15) is 13.6 Å². The molecule has 5 nitrogen and oxygen atoms in total. The number of nitrogens with one attached hydrogen (secondary N) is 1. The predicted molar refractivity (Wildman–Crippen MR) is 73.2 cm³/mol. The Hall–Kier alpha value is -2.70. The molecule has 2 rings (SSSR count). The van der Waals surface area contributed by atoms with E-state index in [-0.39, 0.29) is 18.0 Å². The summed E-state index contributed by atoms with van der Waals surface area (Å²) in [6.45, 7) is -2.63. The van der Waals surface area contributed by atoms with Crippen LogP contribution in [0, 0.1) is 0 Å². The number of anilines is 1. The molecule has 0 aliphatic carbocycles. The molecule has 0 radical (unpaired) electrons. The monoisotopic (exact) mass is 293 g/mol. The Bertz CT molecular complexity index is 635. The van der Waals surface area contributed by atoms with E-state index >= 15 is 0 Å². The van der Waals surface area contributed by atoms with Crippen LogP contribution in [-0.2, 0) is 6.54 Å². The number of alkyl halides is 2. The number of primary amides is 1. The Morgan fingerprint density at radius 2 is 2.10 bits per heavy atom. The van der Waals surface area contributed by atoms with Crippen LogP contribution in [-0.4, -0.2) is 17.5 Å². The summed E-state index contributed by atoms with van der Waals surface area (Å²) in [6, 6.07) is 9.59. The van der Waals surface area contributed by atoms with E-state index in [1.54, 1.807) is 24.3 Å². The van der Waals surface area contributed by atoms with Crippen molar-refractivity contribution in [3.8, 4) is 5.75 Å². The van der Waals surface area contributed by atoms with Crippen molar-refractivity contribution < 1.29 is 18.3 Å². The van der Waals surface area contributed by atoms with Gasteiger partial charge in [-0.1, -0.05) is 18.2 Å². The number of pyridine rings is 1. The fourth-order valence-corrected chi connectivity index (χ4v) is 1.73. The van der Waals surface area contributed by atoms with Gasteiger partial charge in [0.1, 0.15) is 11.4 Å². The third-order valence-electron chi connectivity index (χ3n) is 2.68. The van der Waals surface area contributed by atoms with E-state index in [0.29, 0.717) is 11.3 Å². The second-order valence-corrected chi connectivity index (χ2v) is 4.13. The SMILES string of the molecule is NC(=O)c1cc(NCc2ccccc2OC(F)F)ccn1. The van der Waals surface area contributed by atoms with Crippen molar-refractivity contribution in [2.45, 2.75) is 13.2 Å². The molecule has 0 spiro atoms. The van der Waals surface area contributed by atoms with Crippen LogP contribution in [0.4, 0.5) is 14.5 Å². The number of nitrogens with two attached hydrogens (primary N) is 1. The van der Waals surface area contributed by atoms with E-state index in [1.165, 1.54) is 18.3 Å². The number of carbonyl (C=O) groups is 1. The zero-order valence-corrected chi connectivity index (χ0v) is 10.9. The molecule has 3 N–H and O–H groups in total. The highest BCUT2D eigenvalue weighted by molar-refractivity contribution is 5.91. The van der Waals surface area contributed by atoms with E-state index in [1.807, 2.05) is 0 Å². The number of rotatable bonds is 6. The van der Waals surface area contributed by atoms with E-state index in [0.717, 1.165) is 0 Å². The Labute approximate surface area is 119 Å². The summed E-state index contributed by atoms with van der Waals surface area (Å²) in [7, 11) is 0. The van der Waals surface area contributed by atoms with Crippen LogP contribution >= 0.6 is 0 Å². The zero-order valence-electron chi connectivity index (χ0n) is 10.9. The van der Waals surface area contributed by atoms with Gasteiger partial charge in [0.05, 0.1) is 0 Å². The minimum absolute atomic E-state index is 0.101. The molecule has 110 valence electrons. The summed E-state index contributed by atoms with van der Waals surface area (Å²) in [6.07, 6.45) is 1.43. The second-order valence-electron chi connectivity index (χ2n) is 4.13. The molecule has 1 aromatic carbocycles. The number of carbonyl (C=O) groups excluding carboxylic acids is 1. The van der Waals surface area contributed by atoms with Crippen molar-refractivity contribution in [3.63, 3.8) is 0 Å². The van der Waals surface area contributed by atoms with E-state index in [4.69, 9.17) is 5.73 Å². The molecule has 21 heavy (non-hydrogen) atoms. The van der Waals surface area contributed by atoms with Crippen molar-refractivity contribution >= 4 is 11.6 Å². The average molecular weight is 293 g/mol. The van der Waals surface area contributed by atoms with Crippen molar-refractivity contribution in [2.75, 3.05) is 5.32 Å². The third-order valence-corrected chi connectivity index (χ3v) is 2.68. The van der Waals surface area contributed by atoms with Crippen molar-refractivity contribution in [1.29, 1.82) is 0 Å². The largest absolute Gasteiger partial charge is 0.434 e. The number of hydrogen-bond acceptors (Lipinski definition) is 4. The highest BCUT2D eigenvalue weighted by atomic mass is 19.3. The highest BCUT2D eigenvalue weighted by Gasteiger charge is 2.09. The molecular weight excluding hydrogens is 280 g/mol. The van der Waals surface area contributed by atoms with Gasteiger partial charge >= 0.3 is 6.61 Å². The lowest BCUT2D eigenvalue weighted by molar-refractivity contribution is -0.0504. The van der Waals surface area contributed by atoms with Crippen LogP contribution in [0.25, 0.3) is 0 Å². The quantitative estimate of drug-likeness (QED) is 0.857. The van der Waals surface area contributed by atoms with Gasteiger partial charge in [-0.3, -0.25) is 9.78 Å². The predicted octanol–water partition coefficient (Wildman–Crippen LogP) is 2.39. The number of amides is 1. The van der Waals surface area contributed by atoms with Gasteiger partial charge in [0, 0.05) is 24.0 Å². The Balaban J connectivity index is 2.09. The maximum atomic E-state index is 12.3. The van der Waals surface area contributed by atoms with Crippen LogP contribution in [0.3, 0.4) is 0 Å². The minimum Gasteiger partial charge on any atom is -0.434 e. The maximum absolute atomic E-state index is 12.3.